The minimum atomic E-state index is -4.51. The van der Waals surface area contributed by atoms with Crippen LogP contribution in [0.25, 0.3) is 0 Å². The van der Waals surface area contributed by atoms with Gasteiger partial charge in [-0.3, -0.25) is 0 Å². The topological polar surface area (TPSA) is 38.9 Å². The highest BCUT2D eigenvalue weighted by Crippen LogP contribution is 2.31. The number of hydrogen-bond acceptors (Lipinski definition) is 2. The van der Waals surface area contributed by atoms with E-state index in [9.17, 15) is 13.2 Å². The Morgan fingerprint density at radius 2 is 1.80 bits per heavy atom. The molecule has 15 heavy (non-hydrogen) atoms. The van der Waals surface area contributed by atoms with Gasteiger partial charge in [0.2, 0.25) is 0 Å². The van der Waals surface area contributed by atoms with E-state index in [4.69, 9.17) is 17.3 Å². The van der Waals surface area contributed by atoms with E-state index in [2.05, 4.69) is 4.98 Å². The maximum Gasteiger partial charge on any atom is 0.433 e. The maximum atomic E-state index is 12.1. The zero-order valence-corrected chi connectivity index (χ0v) is 9.37. The van der Waals surface area contributed by atoms with Crippen molar-refractivity contribution in [1.82, 2.24) is 4.98 Å². The first-order valence-electron chi connectivity index (χ1n) is 4.32. The second kappa shape index (κ2) is 5.21. The molecule has 0 radical (unpaired) electrons. The van der Waals surface area contributed by atoms with Gasteiger partial charge in [-0.2, -0.15) is 13.2 Å². The van der Waals surface area contributed by atoms with Crippen molar-refractivity contribution in [3.8, 4) is 0 Å². The molecule has 0 aliphatic carbocycles. The summed E-state index contributed by atoms with van der Waals surface area (Å²) in [5.74, 6) is -0.195. The molecular weight excluding hydrogens is 229 g/mol. The summed E-state index contributed by atoms with van der Waals surface area (Å²) in [7, 11) is 0. The molecular formula is C9H12ClF3N2. The normalized spacial score (nSPS) is 10.6. The predicted molar refractivity (Wildman–Crippen MR) is 54.7 cm³/mol. The van der Waals surface area contributed by atoms with E-state index in [0.717, 1.165) is 6.07 Å². The van der Waals surface area contributed by atoms with Crippen LogP contribution in [0.5, 0.6) is 0 Å². The second-order valence-electron chi connectivity index (χ2n) is 2.50. The SMILES string of the molecule is CC.Cc1c(Cl)cc(C(F)(F)F)nc1N. The highest BCUT2D eigenvalue weighted by atomic mass is 35.5. The number of halogens is 4. The summed E-state index contributed by atoms with van der Waals surface area (Å²) in [5.41, 5.74) is 4.51. The second-order valence-corrected chi connectivity index (χ2v) is 2.90. The zero-order valence-electron chi connectivity index (χ0n) is 8.61. The summed E-state index contributed by atoms with van der Waals surface area (Å²) < 4.78 is 36.3. The number of nitrogens with zero attached hydrogens (tertiary/aromatic N) is 1. The Morgan fingerprint density at radius 1 is 1.33 bits per heavy atom. The van der Waals surface area contributed by atoms with Crippen molar-refractivity contribution in [2.75, 3.05) is 5.73 Å². The molecule has 1 rings (SSSR count). The molecule has 1 aromatic heterocycles. The van der Waals surface area contributed by atoms with Gasteiger partial charge in [0.05, 0.1) is 0 Å². The van der Waals surface area contributed by atoms with Crippen LogP contribution in [0.15, 0.2) is 6.07 Å². The van der Waals surface area contributed by atoms with Crippen LogP contribution in [0, 0.1) is 6.92 Å². The number of rotatable bonds is 0. The largest absolute Gasteiger partial charge is 0.433 e. The summed E-state index contributed by atoms with van der Waals surface area (Å²) in [6.07, 6.45) is -4.51. The summed E-state index contributed by atoms with van der Waals surface area (Å²) in [4.78, 5) is 3.17. The van der Waals surface area contributed by atoms with Crippen molar-refractivity contribution in [2.24, 2.45) is 0 Å². The molecule has 2 N–H and O–H groups in total. The number of nitrogens with two attached hydrogens (primary N) is 1. The third-order valence-corrected chi connectivity index (χ3v) is 1.93. The fourth-order valence-electron chi connectivity index (χ4n) is 0.742. The fraction of sp³-hybridized carbons (Fsp3) is 0.444. The van der Waals surface area contributed by atoms with Crippen molar-refractivity contribution in [1.29, 1.82) is 0 Å². The van der Waals surface area contributed by atoms with Crippen molar-refractivity contribution in [2.45, 2.75) is 26.9 Å². The van der Waals surface area contributed by atoms with Crippen LogP contribution in [0.2, 0.25) is 5.02 Å². The highest BCUT2D eigenvalue weighted by molar-refractivity contribution is 6.31. The van der Waals surface area contributed by atoms with E-state index in [1.165, 1.54) is 6.92 Å². The van der Waals surface area contributed by atoms with Gasteiger partial charge in [0.1, 0.15) is 11.5 Å². The van der Waals surface area contributed by atoms with Gasteiger partial charge in [-0.05, 0) is 13.0 Å². The Hall–Kier alpha value is -0.970. The van der Waals surface area contributed by atoms with Crippen LogP contribution in [0.4, 0.5) is 19.0 Å². The van der Waals surface area contributed by atoms with Crippen LogP contribution in [0.3, 0.4) is 0 Å². The Balaban J connectivity index is 0.000000921. The molecule has 0 unspecified atom stereocenters. The van der Waals surface area contributed by atoms with E-state index >= 15 is 0 Å². The third kappa shape index (κ3) is 3.58. The van der Waals surface area contributed by atoms with Gasteiger partial charge < -0.3 is 5.73 Å². The molecule has 86 valence electrons. The third-order valence-electron chi connectivity index (χ3n) is 1.54. The highest BCUT2D eigenvalue weighted by Gasteiger charge is 2.33. The van der Waals surface area contributed by atoms with Crippen LogP contribution >= 0.6 is 11.6 Å². The smallest absolute Gasteiger partial charge is 0.383 e. The standard InChI is InChI=1S/C7H6ClF3N2.C2H6/c1-3-4(8)2-5(7(9,10)11)13-6(3)12;1-2/h2H,1H3,(H2,12,13);1-2H3. The minimum absolute atomic E-state index is 0.0279. The number of anilines is 1. The number of hydrogen-bond donors (Lipinski definition) is 1. The lowest BCUT2D eigenvalue weighted by Gasteiger charge is -2.08. The van der Waals surface area contributed by atoms with Gasteiger partial charge in [-0.15, -0.1) is 0 Å². The van der Waals surface area contributed by atoms with Gasteiger partial charge in [0.15, 0.2) is 0 Å². The molecule has 0 aliphatic rings. The quantitative estimate of drug-likeness (QED) is 0.751. The van der Waals surface area contributed by atoms with E-state index < -0.39 is 11.9 Å². The van der Waals surface area contributed by atoms with Crippen molar-refractivity contribution >= 4 is 17.4 Å². The summed E-state index contributed by atoms with van der Waals surface area (Å²) in [5, 5.41) is -0.0279. The molecule has 1 heterocycles. The van der Waals surface area contributed by atoms with Gasteiger partial charge in [-0.1, -0.05) is 25.4 Å². The van der Waals surface area contributed by atoms with E-state index in [1.807, 2.05) is 13.8 Å². The molecule has 0 aliphatic heterocycles. The molecule has 0 fully saturated rings. The number of pyridine rings is 1. The lowest BCUT2D eigenvalue weighted by molar-refractivity contribution is -0.141. The molecule has 0 saturated heterocycles. The van der Waals surface area contributed by atoms with Crippen molar-refractivity contribution < 1.29 is 13.2 Å². The Kier molecular flexibility index (Phi) is 4.87. The number of alkyl halides is 3. The molecule has 6 heteroatoms. The fourth-order valence-corrected chi connectivity index (χ4v) is 0.942. The van der Waals surface area contributed by atoms with E-state index in [1.54, 1.807) is 0 Å². The van der Waals surface area contributed by atoms with Crippen molar-refractivity contribution in [3.63, 3.8) is 0 Å². The molecule has 2 nitrogen and oxygen atoms in total. The van der Waals surface area contributed by atoms with Crippen molar-refractivity contribution in [3.05, 3.63) is 22.3 Å². The summed E-state index contributed by atoms with van der Waals surface area (Å²) >= 11 is 5.51. The minimum Gasteiger partial charge on any atom is -0.383 e. The van der Waals surface area contributed by atoms with Gasteiger partial charge >= 0.3 is 6.18 Å². The summed E-state index contributed by atoms with van der Waals surface area (Å²) in [6, 6.07) is 0.757. The molecule has 0 saturated carbocycles. The first kappa shape index (κ1) is 14.0. The number of nitrogen functional groups attached to an aromatic ring is 1. The number of aromatic nitrogens is 1. The molecule has 0 bridgehead atoms. The lowest BCUT2D eigenvalue weighted by atomic mass is 10.2. The average Bonchev–Trinajstić information content (AvgIpc) is 2.15. The molecule has 1 aromatic rings. The first-order chi connectivity index (χ1) is 6.82. The van der Waals surface area contributed by atoms with Crippen LogP contribution < -0.4 is 5.73 Å². The summed E-state index contributed by atoms with van der Waals surface area (Å²) in [6.45, 7) is 5.50. The van der Waals surface area contributed by atoms with Gasteiger partial charge in [0.25, 0.3) is 0 Å². The van der Waals surface area contributed by atoms with Gasteiger partial charge in [-0.25, -0.2) is 4.98 Å². The average molecular weight is 241 g/mol. The van der Waals surface area contributed by atoms with Crippen LogP contribution in [0.1, 0.15) is 25.1 Å². The zero-order chi connectivity index (χ0) is 12.2. The molecule has 0 atom stereocenters. The lowest BCUT2D eigenvalue weighted by Crippen LogP contribution is -2.10. The molecule has 0 amide bonds. The first-order valence-corrected chi connectivity index (χ1v) is 4.70. The van der Waals surface area contributed by atoms with Gasteiger partial charge in [0, 0.05) is 10.6 Å². The monoisotopic (exact) mass is 240 g/mol. The molecule has 0 spiro atoms. The molecule has 0 aromatic carbocycles. The van der Waals surface area contributed by atoms with Crippen LogP contribution in [-0.4, -0.2) is 4.98 Å². The predicted octanol–water partition coefficient (Wildman–Crippen LogP) is 3.67. The Labute approximate surface area is 91.3 Å². The van der Waals surface area contributed by atoms with E-state index in [-0.39, 0.29) is 10.8 Å². The Bertz CT molecular complexity index is 314. The maximum absolute atomic E-state index is 12.1. The Morgan fingerprint density at radius 3 is 2.13 bits per heavy atom. The van der Waals surface area contributed by atoms with Crippen LogP contribution in [-0.2, 0) is 6.18 Å². The van der Waals surface area contributed by atoms with E-state index in [0.29, 0.717) is 5.56 Å².